The largest absolute Gasteiger partial charge is 0.496 e. The molecule has 6 nitrogen and oxygen atoms in total. The van der Waals surface area contributed by atoms with E-state index >= 15 is 0 Å². The van der Waals surface area contributed by atoms with E-state index in [2.05, 4.69) is 4.98 Å². The Morgan fingerprint density at radius 1 is 1.31 bits per heavy atom. The lowest BCUT2D eigenvalue weighted by molar-refractivity contribution is -0.133. The highest BCUT2D eigenvalue weighted by Crippen LogP contribution is 2.36. The zero-order valence-corrected chi connectivity index (χ0v) is 17.2. The first-order valence-electron chi connectivity index (χ1n) is 10.1. The molecule has 0 unspecified atom stereocenters. The average molecular weight is 410 g/mol. The molecule has 0 atom stereocenters. The molecule has 0 spiro atoms. The van der Waals surface area contributed by atoms with Crippen LogP contribution in [0, 0.1) is 5.92 Å². The average Bonchev–Trinajstić information content (AvgIpc) is 3.53. The van der Waals surface area contributed by atoms with E-state index in [9.17, 15) is 9.59 Å². The summed E-state index contributed by atoms with van der Waals surface area (Å²) < 4.78 is 7.11. The van der Waals surface area contributed by atoms with Crippen LogP contribution in [0.25, 0.3) is 10.2 Å². The number of carbonyl (C=O) groups excluding carboxylic acids is 1. The summed E-state index contributed by atoms with van der Waals surface area (Å²) in [5.41, 5.74) is 2.18. The van der Waals surface area contributed by atoms with Crippen molar-refractivity contribution >= 4 is 27.5 Å². The summed E-state index contributed by atoms with van der Waals surface area (Å²) in [6, 6.07) is 7.88. The number of para-hydroxylation sites is 1. The summed E-state index contributed by atoms with van der Waals surface area (Å²) in [5.74, 6) is 1.34. The van der Waals surface area contributed by atoms with E-state index in [4.69, 9.17) is 4.74 Å². The summed E-state index contributed by atoms with van der Waals surface area (Å²) in [4.78, 5) is 34.0. The van der Waals surface area contributed by atoms with Crippen LogP contribution in [-0.4, -0.2) is 34.0 Å². The number of ether oxygens (including phenoxy) is 1. The van der Waals surface area contributed by atoms with Gasteiger partial charge in [-0.3, -0.25) is 14.2 Å². The number of benzene rings is 1. The quantitative estimate of drug-likeness (QED) is 0.650. The Bertz CT molecular complexity index is 1150. The van der Waals surface area contributed by atoms with Gasteiger partial charge in [0.2, 0.25) is 5.91 Å². The SMILES string of the molecule is COc1ccccc1CCn1cnc2sc3c(c2c1=O)CCN(C(=O)C1CC1)C3. The smallest absolute Gasteiger partial charge is 0.262 e. The molecule has 1 aliphatic heterocycles. The standard InChI is InChI=1S/C22H23N3O3S/c1-28-17-5-3-2-4-14(17)8-10-25-13-23-20-19(22(25)27)16-9-11-24(12-18(16)29-20)21(26)15-6-7-15/h2-5,13,15H,6-12H2,1H3. The second kappa shape index (κ2) is 7.30. The molecule has 1 fully saturated rings. The maximum Gasteiger partial charge on any atom is 0.262 e. The summed E-state index contributed by atoms with van der Waals surface area (Å²) >= 11 is 1.56. The number of amides is 1. The molecule has 29 heavy (non-hydrogen) atoms. The van der Waals surface area contributed by atoms with Crippen molar-refractivity contribution in [1.29, 1.82) is 0 Å². The molecule has 0 saturated heterocycles. The maximum atomic E-state index is 13.2. The number of aromatic nitrogens is 2. The van der Waals surface area contributed by atoms with Crippen molar-refractivity contribution in [2.75, 3.05) is 13.7 Å². The number of hydrogen-bond donors (Lipinski definition) is 0. The van der Waals surface area contributed by atoms with Gasteiger partial charge in [-0.25, -0.2) is 4.98 Å². The van der Waals surface area contributed by atoms with E-state index in [0.717, 1.165) is 51.2 Å². The lowest BCUT2D eigenvalue weighted by Crippen LogP contribution is -2.36. The van der Waals surface area contributed by atoms with Crippen LogP contribution in [0.3, 0.4) is 0 Å². The predicted molar refractivity (Wildman–Crippen MR) is 112 cm³/mol. The highest BCUT2D eigenvalue weighted by Gasteiger charge is 2.35. The van der Waals surface area contributed by atoms with Crippen LogP contribution in [0.5, 0.6) is 5.75 Å². The van der Waals surface area contributed by atoms with Crippen molar-refractivity contribution in [1.82, 2.24) is 14.5 Å². The number of hydrogen-bond acceptors (Lipinski definition) is 5. The van der Waals surface area contributed by atoms with Gasteiger partial charge in [0.25, 0.3) is 5.56 Å². The Balaban J connectivity index is 1.42. The molecule has 1 amide bonds. The summed E-state index contributed by atoms with van der Waals surface area (Å²) in [7, 11) is 1.66. The van der Waals surface area contributed by atoms with Gasteiger partial charge in [-0.05, 0) is 42.9 Å². The van der Waals surface area contributed by atoms with Crippen molar-refractivity contribution in [2.45, 2.75) is 38.8 Å². The molecule has 0 bridgehead atoms. The summed E-state index contributed by atoms with van der Waals surface area (Å²) in [6.45, 7) is 1.87. The van der Waals surface area contributed by atoms with Crippen LogP contribution in [0.2, 0.25) is 0 Å². The van der Waals surface area contributed by atoms with E-state index in [-0.39, 0.29) is 17.4 Å². The number of methoxy groups -OCH3 is 1. The van der Waals surface area contributed by atoms with Gasteiger partial charge in [-0.1, -0.05) is 18.2 Å². The Morgan fingerprint density at radius 2 is 2.14 bits per heavy atom. The van der Waals surface area contributed by atoms with Gasteiger partial charge in [-0.15, -0.1) is 11.3 Å². The molecule has 2 aliphatic rings. The lowest BCUT2D eigenvalue weighted by atomic mass is 10.0. The molecule has 3 aromatic rings. The van der Waals surface area contributed by atoms with Crippen LogP contribution in [-0.2, 0) is 30.7 Å². The normalized spacial score (nSPS) is 16.1. The van der Waals surface area contributed by atoms with Crippen LogP contribution in [0.15, 0.2) is 35.4 Å². The lowest BCUT2D eigenvalue weighted by Gasteiger charge is -2.27. The number of fused-ring (bicyclic) bond motifs is 3. The van der Waals surface area contributed by atoms with Gasteiger partial charge < -0.3 is 9.64 Å². The fourth-order valence-corrected chi connectivity index (χ4v) is 5.30. The monoisotopic (exact) mass is 409 g/mol. The Labute approximate surface area is 172 Å². The molecule has 1 aliphatic carbocycles. The molecule has 1 saturated carbocycles. The number of thiophene rings is 1. The first kappa shape index (κ1) is 18.4. The fourth-order valence-electron chi connectivity index (χ4n) is 4.11. The predicted octanol–water partition coefficient (Wildman–Crippen LogP) is 3.00. The molecule has 3 heterocycles. The maximum absolute atomic E-state index is 13.2. The first-order chi connectivity index (χ1) is 14.2. The third-order valence-electron chi connectivity index (χ3n) is 5.88. The van der Waals surface area contributed by atoms with E-state index in [1.807, 2.05) is 29.2 Å². The van der Waals surface area contributed by atoms with Crippen LogP contribution < -0.4 is 10.3 Å². The van der Waals surface area contributed by atoms with E-state index in [1.54, 1.807) is 29.3 Å². The second-order valence-corrected chi connectivity index (χ2v) is 8.86. The molecule has 2 aromatic heterocycles. The van der Waals surface area contributed by atoms with Crippen molar-refractivity contribution < 1.29 is 9.53 Å². The number of carbonyl (C=O) groups is 1. The zero-order valence-electron chi connectivity index (χ0n) is 16.4. The zero-order chi connectivity index (χ0) is 20.0. The molecule has 1 aromatic carbocycles. The summed E-state index contributed by atoms with van der Waals surface area (Å²) in [5, 5.41) is 0.742. The number of nitrogens with zero attached hydrogens (tertiary/aromatic N) is 3. The Morgan fingerprint density at radius 3 is 2.93 bits per heavy atom. The van der Waals surface area contributed by atoms with Gasteiger partial charge in [0.15, 0.2) is 0 Å². The van der Waals surface area contributed by atoms with E-state index < -0.39 is 0 Å². The molecular formula is C22H23N3O3S. The highest BCUT2D eigenvalue weighted by atomic mass is 32.1. The van der Waals surface area contributed by atoms with Gasteiger partial charge >= 0.3 is 0 Å². The summed E-state index contributed by atoms with van der Waals surface area (Å²) in [6.07, 6.45) is 5.13. The van der Waals surface area contributed by atoms with Gasteiger partial charge in [0, 0.05) is 23.9 Å². The molecule has 5 rings (SSSR count). The van der Waals surface area contributed by atoms with Crippen molar-refractivity contribution in [3.63, 3.8) is 0 Å². The third kappa shape index (κ3) is 3.33. The molecule has 0 N–H and O–H groups in total. The number of aryl methyl sites for hydroxylation is 2. The van der Waals surface area contributed by atoms with Crippen molar-refractivity contribution in [3.05, 3.63) is 57.0 Å². The molecule has 0 radical (unpaired) electrons. The number of rotatable bonds is 5. The van der Waals surface area contributed by atoms with Crippen molar-refractivity contribution in [2.24, 2.45) is 5.92 Å². The van der Waals surface area contributed by atoms with Gasteiger partial charge in [0.1, 0.15) is 10.6 Å². The third-order valence-corrected chi connectivity index (χ3v) is 7.01. The van der Waals surface area contributed by atoms with Crippen LogP contribution >= 0.6 is 11.3 Å². The Kier molecular flexibility index (Phi) is 4.62. The van der Waals surface area contributed by atoms with Crippen molar-refractivity contribution in [3.8, 4) is 5.75 Å². The van der Waals surface area contributed by atoms with Gasteiger partial charge in [-0.2, -0.15) is 0 Å². The molecular weight excluding hydrogens is 386 g/mol. The minimum Gasteiger partial charge on any atom is -0.496 e. The minimum absolute atomic E-state index is 0.0179. The van der Waals surface area contributed by atoms with Crippen LogP contribution in [0.1, 0.15) is 28.8 Å². The topological polar surface area (TPSA) is 64.4 Å². The minimum atomic E-state index is 0.0179. The first-order valence-corrected chi connectivity index (χ1v) is 10.9. The fraction of sp³-hybridized carbons (Fsp3) is 0.409. The molecule has 7 heteroatoms. The highest BCUT2D eigenvalue weighted by molar-refractivity contribution is 7.18. The van der Waals surface area contributed by atoms with E-state index in [0.29, 0.717) is 26.1 Å². The van der Waals surface area contributed by atoms with Gasteiger partial charge in [0.05, 0.1) is 25.4 Å². The Hall–Kier alpha value is -2.67. The second-order valence-electron chi connectivity index (χ2n) is 7.77. The van der Waals surface area contributed by atoms with Crippen LogP contribution in [0.4, 0.5) is 0 Å². The van der Waals surface area contributed by atoms with E-state index in [1.165, 1.54) is 0 Å². The molecule has 150 valence electrons.